The maximum absolute atomic E-state index is 12.4. The fourth-order valence-corrected chi connectivity index (χ4v) is 3.38. The maximum Gasteiger partial charge on any atom is 0.228 e. The fraction of sp³-hybridized carbons (Fsp3) is 0.389. The number of aromatic nitrogens is 4. The quantitative estimate of drug-likeness (QED) is 0.680. The van der Waals surface area contributed by atoms with Crippen molar-refractivity contribution in [3.63, 3.8) is 0 Å². The Morgan fingerprint density at radius 1 is 1.24 bits per heavy atom. The van der Waals surface area contributed by atoms with Crippen LogP contribution in [0.2, 0.25) is 0 Å². The number of H-pyrrole nitrogens is 2. The average molecular weight is 339 g/mol. The van der Waals surface area contributed by atoms with Crippen LogP contribution in [0.3, 0.4) is 0 Å². The smallest absolute Gasteiger partial charge is 0.228 e. The molecule has 3 aromatic rings. The molecule has 0 radical (unpaired) electrons. The van der Waals surface area contributed by atoms with Crippen molar-refractivity contribution in [2.24, 2.45) is 5.92 Å². The highest BCUT2D eigenvalue weighted by molar-refractivity contribution is 5.92. The molecular weight excluding hydrogens is 318 g/mol. The Morgan fingerprint density at radius 3 is 2.80 bits per heavy atom. The number of fused-ring (bicyclic) bond motifs is 1. The number of nitrogens with zero attached hydrogens (tertiary/aromatic N) is 2. The minimum atomic E-state index is 0.0252. The lowest BCUT2D eigenvalue weighted by atomic mass is 9.87. The van der Waals surface area contributed by atoms with E-state index in [4.69, 9.17) is 4.74 Å². The zero-order chi connectivity index (χ0) is 17.2. The first-order chi connectivity index (χ1) is 12.2. The van der Waals surface area contributed by atoms with Crippen molar-refractivity contribution in [2.45, 2.75) is 31.8 Å². The van der Waals surface area contributed by atoms with Gasteiger partial charge in [-0.05, 0) is 37.8 Å². The van der Waals surface area contributed by atoms with Crippen LogP contribution in [0.1, 0.15) is 25.7 Å². The molecule has 1 amide bonds. The van der Waals surface area contributed by atoms with Crippen LogP contribution in [0, 0.1) is 5.92 Å². The van der Waals surface area contributed by atoms with Gasteiger partial charge < -0.3 is 15.0 Å². The summed E-state index contributed by atoms with van der Waals surface area (Å²) in [5, 5.41) is 10.0. The van der Waals surface area contributed by atoms with Crippen LogP contribution in [-0.4, -0.2) is 39.3 Å². The van der Waals surface area contributed by atoms with Crippen molar-refractivity contribution < 1.29 is 9.53 Å². The molecular formula is C18H21N5O2. The maximum atomic E-state index is 12.4. The number of aromatic amines is 2. The zero-order valence-electron chi connectivity index (χ0n) is 14.1. The number of hydrogen-bond donors (Lipinski definition) is 3. The lowest BCUT2D eigenvalue weighted by Gasteiger charge is -2.26. The molecule has 0 saturated heterocycles. The number of imidazole rings is 1. The van der Waals surface area contributed by atoms with Gasteiger partial charge in [-0.3, -0.25) is 9.89 Å². The second kappa shape index (κ2) is 6.68. The van der Waals surface area contributed by atoms with E-state index in [0.717, 1.165) is 42.4 Å². The van der Waals surface area contributed by atoms with Gasteiger partial charge in [0.25, 0.3) is 0 Å². The molecule has 0 aliphatic heterocycles. The molecule has 25 heavy (non-hydrogen) atoms. The number of benzene rings is 1. The highest BCUT2D eigenvalue weighted by Crippen LogP contribution is 2.27. The minimum Gasteiger partial charge on any atom is -0.381 e. The first kappa shape index (κ1) is 15.8. The third-order valence-electron chi connectivity index (χ3n) is 4.85. The third kappa shape index (κ3) is 3.28. The number of carbonyl (C=O) groups is 1. The van der Waals surface area contributed by atoms with Gasteiger partial charge in [0.1, 0.15) is 5.69 Å². The number of amides is 1. The molecule has 1 fully saturated rings. The molecule has 1 aliphatic carbocycles. The Hall–Kier alpha value is -2.67. The molecule has 3 N–H and O–H groups in total. The monoisotopic (exact) mass is 339 g/mol. The molecule has 0 unspecified atom stereocenters. The van der Waals surface area contributed by atoms with Gasteiger partial charge in [-0.15, -0.1) is 0 Å². The molecule has 2 aromatic heterocycles. The molecule has 0 bridgehead atoms. The van der Waals surface area contributed by atoms with Crippen molar-refractivity contribution >= 4 is 22.8 Å². The molecule has 1 saturated carbocycles. The number of hydrogen-bond acceptors (Lipinski definition) is 4. The van der Waals surface area contributed by atoms with Crippen LogP contribution in [0.15, 0.2) is 30.3 Å². The largest absolute Gasteiger partial charge is 0.381 e. The van der Waals surface area contributed by atoms with Gasteiger partial charge in [0.2, 0.25) is 5.91 Å². The summed E-state index contributed by atoms with van der Waals surface area (Å²) >= 11 is 0. The second-order valence-corrected chi connectivity index (χ2v) is 6.47. The number of ether oxygens (including phenoxy) is 1. The van der Waals surface area contributed by atoms with E-state index in [2.05, 4.69) is 25.5 Å². The third-order valence-corrected chi connectivity index (χ3v) is 4.85. The lowest BCUT2D eigenvalue weighted by Crippen LogP contribution is -2.29. The van der Waals surface area contributed by atoms with Crippen molar-refractivity contribution in [2.75, 3.05) is 12.4 Å². The number of rotatable bonds is 4. The summed E-state index contributed by atoms with van der Waals surface area (Å²) in [6.45, 7) is 0. The van der Waals surface area contributed by atoms with E-state index in [1.54, 1.807) is 13.2 Å². The van der Waals surface area contributed by atoms with Crippen LogP contribution < -0.4 is 5.32 Å². The van der Waals surface area contributed by atoms with E-state index in [1.807, 2.05) is 24.3 Å². The number of carbonyl (C=O) groups excluding carboxylic acids is 1. The summed E-state index contributed by atoms with van der Waals surface area (Å²) in [6.07, 6.45) is 3.85. The Morgan fingerprint density at radius 2 is 2.04 bits per heavy atom. The van der Waals surface area contributed by atoms with Gasteiger partial charge >= 0.3 is 0 Å². The number of anilines is 1. The molecule has 1 aromatic carbocycles. The van der Waals surface area contributed by atoms with E-state index >= 15 is 0 Å². The highest BCUT2D eigenvalue weighted by Gasteiger charge is 2.26. The summed E-state index contributed by atoms with van der Waals surface area (Å²) in [7, 11) is 1.73. The van der Waals surface area contributed by atoms with Gasteiger partial charge in [-0.2, -0.15) is 5.10 Å². The first-order valence-electron chi connectivity index (χ1n) is 8.57. The molecule has 0 spiro atoms. The topological polar surface area (TPSA) is 95.7 Å². The molecule has 7 nitrogen and oxygen atoms in total. The molecule has 0 atom stereocenters. The van der Waals surface area contributed by atoms with Crippen LogP contribution in [-0.2, 0) is 9.53 Å². The second-order valence-electron chi connectivity index (χ2n) is 6.47. The zero-order valence-corrected chi connectivity index (χ0v) is 14.1. The first-order valence-corrected chi connectivity index (χ1v) is 8.57. The molecule has 4 rings (SSSR count). The van der Waals surface area contributed by atoms with Crippen molar-refractivity contribution in [3.05, 3.63) is 30.3 Å². The van der Waals surface area contributed by atoms with Gasteiger partial charge in [0, 0.05) is 19.1 Å². The average Bonchev–Trinajstić information content (AvgIpc) is 3.28. The van der Waals surface area contributed by atoms with Crippen molar-refractivity contribution in [1.29, 1.82) is 0 Å². The Bertz CT molecular complexity index is 843. The van der Waals surface area contributed by atoms with Crippen LogP contribution >= 0.6 is 0 Å². The van der Waals surface area contributed by atoms with E-state index in [-0.39, 0.29) is 17.9 Å². The van der Waals surface area contributed by atoms with E-state index in [1.165, 1.54) is 0 Å². The number of nitrogens with one attached hydrogen (secondary N) is 3. The number of para-hydroxylation sites is 2. The number of methoxy groups -OCH3 is 1. The summed E-state index contributed by atoms with van der Waals surface area (Å²) in [5.41, 5.74) is 2.61. The van der Waals surface area contributed by atoms with Crippen LogP contribution in [0.4, 0.5) is 5.82 Å². The molecule has 7 heteroatoms. The van der Waals surface area contributed by atoms with Gasteiger partial charge in [-0.25, -0.2) is 4.98 Å². The summed E-state index contributed by atoms with van der Waals surface area (Å²) < 4.78 is 5.36. The summed E-state index contributed by atoms with van der Waals surface area (Å²) in [5.74, 6) is 1.28. The van der Waals surface area contributed by atoms with Gasteiger partial charge in [-0.1, -0.05) is 12.1 Å². The lowest BCUT2D eigenvalue weighted by molar-refractivity contribution is -0.121. The molecule has 2 heterocycles. The Labute approximate surface area is 145 Å². The summed E-state index contributed by atoms with van der Waals surface area (Å²) in [6, 6.07) is 9.63. The van der Waals surface area contributed by atoms with Crippen molar-refractivity contribution in [3.8, 4) is 11.5 Å². The van der Waals surface area contributed by atoms with Crippen LogP contribution in [0.5, 0.6) is 0 Å². The fourth-order valence-electron chi connectivity index (χ4n) is 3.38. The van der Waals surface area contributed by atoms with Gasteiger partial charge in [0.15, 0.2) is 11.6 Å². The normalized spacial score (nSPS) is 20.7. The van der Waals surface area contributed by atoms with Crippen molar-refractivity contribution in [1.82, 2.24) is 20.2 Å². The predicted molar refractivity (Wildman–Crippen MR) is 95.1 cm³/mol. The van der Waals surface area contributed by atoms with Gasteiger partial charge in [0.05, 0.1) is 17.1 Å². The van der Waals surface area contributed by atoms with E-state index < -0.39 is 0 Å². The van der Waals surface area contributed by atoms with Crippen LogP contribution in [0.25, 0.3) is 22.6 Å². The minimum absolute atomic E-state index is 0.0252. The standard InChI is InChI=1S/C18H21N5O2/c1-25-12-8-6-11(7-9-12)18(24)21-16-10-15(22-23-16)17-19-13-4-2-3-5-14(13)20-17/h2-5,10-12H,6-9H2,1H3,(H,19,20)(H2,21,22,23,24). The Balaban J connectivity index is 1.43. The molecule has 1 aliphatic rings. The molecule has 130 valence electrons. The van der Waals surface area contributed by atoms with E-state index in [9.17, 15) is 4.79 Å². The highest BCUT2D eigenvalue weighted by atomic mass is 16.5. The Kier molecular flexibility index (Phi) is 4.23. The summed E-state index contributed by atoms with van der Waals surface area (Å²) in [4.78, 5) is 20.2. The van der Waals surface area contributed by atoms with E-state index in [0.29, 0.717) is 11.6 Å². The SMILES string of the molecule is COC1CCC(C(=O)Nc2cc(-c3nc4ccccc4[nH]3)[nH]n2)CC1. The predicted octanol–water partition coefficient (Wildman–Crippen LogP) is 3.10.